The van der Waals surface area contributed by atoms with Crippen LogP contribution in [0.5, 0.6) is 0 Å². The van der Waals surface area contributed by atoms with Crippen molar-refractivity contribution in [2.24, 2.45) is 5.92 Å². The van der Waals surface area contributed by atoms with Crippen molar-refractivity contribution >= 4 is 28.9 Å². The molecule has 98 valence electrons. The Hall–Kier alpha value is -1.36. The number of methoxy groups -OCH3 is 1. The maximum atomic E-state index is 12.1. The summed E-state index contributed by atoms with van der Waals surface area (Å²) in [6.45, 7) is 1.88. The summed E-state index contributed by atoms with van der Waals surface area (Å²) in [6, 6.07) is 0. The number of esters is 1. The number of thiophene rings is 1. The molecule has 18 heavy (non-hydrogen) atoms. The fourth-order valence-electron chi connectivity index (χ4n) is 2.26. The van der Waals surface area contributed by atoms with Crippen LogP contribution < -0.4 is 5.32 Å². The largest absolute Gasteiger partial charge is 0.465 e. The number of hydrogen-bond acceptors (Lipinski definition) is 4. The second kappa shape index (κ2) is 5.52. The van der Waals surface area contributed by atoms with Gasteiger partial charge in [-0.2, -0.15) is 0 Å². The molecule has 1 fully saturated rings. The van der Waals surface area contributed by atoms with E-state index in [1.807, 2.05) is 12.3 Å². The van der Waals surface area contributed by atoms with Gasteiger partial charge in [0.1, 0.15) is 4.88 Å². The van der Waals surface area contributed by atoms with Crippen LogP contribution in [0.2, 0.25) is 0 Å². The quantitative estimate of drug-likeness (QED) is 0.857. The van der Waals surface area contributed by atoms with Crippen molar-refractivity contribution in [1.29, 1.82) is 0 Å². The first-order chi connectivity index (χ1) is 8.63. The smallest absolute Gasteiger partial charge is 0.350 e. The van der Waals surface area contributed by atoms with Crippen LogP contribution in [0.15, 0.2) is 5.38 Å². The summed E-state index contributed by atoms with van der Waals surface area (Å²) in [5.74, 6) is -0.274. The van der Waals surface area contributed by atoms with E-state index in [0.717, 1.165) is 31.2 Å². The van der Waals surface area contributed by atoms with E-state index >= 15 is 0 Å². The van der Waals surface area contributed by atoms with Gasteiger partial charge in [-0.1, -0.05) is 12.8 Å². The van der Waals surface area contributed by atoms with Crippen LogP contribution in [0, 0.1) is 12.8 Å². The number of rotatable bonds is 3. The van der Waals surface area contributed by atoms with Crippen molar-refractivity contribution in [3.63, 3.8) is 0 Å². The van der Waals surface area contributed by atoms with Gasteiger partial charge in [-0.05, 0) is 30.7 Å². The predicted octanol–water partition coefficient (Wildman–Crippen LogP) is 2.97. The van der Waals surface area contributed by atoms with Gasteiger partial charge in [0.05, 0.1) is 12.8 Å². The zero-order valence-electron chi connectivity index (χ0n) is 10.6. The van der Waals surface area contributed by atoms with E-state index in [2.05, 4.69) is 5.32 Å². The minimum absolute atomic E-state index is 0.0270. The second-order valence-electron chi connectivity index (χ2n) is 4.59. The minimum Gasteiger partial charge on any atom is -0.465 e. The van der Waals surface area contributed by atoms with Gasteiger partial charge in [-0.15, -0.1) is 11.3 Å². The van der Waals surface area contributed by atoms with Crippen molar-refractivity contribution in [1.82, 2.24) is 0 Å². The lowest BCUT2D eigenvalue weighted by atomic mass is 10.1. The molecule has 0 unspecified atom stereocenters. The van der Waals surface area contributed by atoms with E-state index in [1.54, 1.807) is 0 Å². The lowest BCUT2D eigenvalue weighted by Gasteiger charge is -2.11. The predicted molar refractivity (Wildman–Crippen MR) is 71.0 cm³/mol. The molecular weight excluding hydrogens is 250 g/mol. The minimum atomic E-state index is -0.394. The molecule has 0 spiro atoms. The molecule has 1 aromatic rings. The monoisotopic (exact) mass is 267 g/mol. The molecule has 1 heterocycles. The number of carbonyl (C=O) groups excluding carboxylic acids is 2. The SMILES string of the molecule is COC(=O)c1scc(C)c1NC(=O)C1CCCC1. The molecule has 1 aliphatic rings. The number of anilines is 1. The van der Waals surface area contributed by atoms with Crippen molar-refractivity contribution in [2.75, 3.05) is 12.4 Å². The van der Waals surface area contributed by atoms with Gasteiger partial charge in [0.25, 0.3) is 0 Å². The van der Waals surface area contributed by atoms with Crippen molar-refractivity contribution in [3.8, 4) is 0 Å². The fraction of sp³-hybridized carbons (Fsp3) is 0.538. The Bertz CT molecular complexity index is 461. The molecule has 1 amide bonds. The van der Waals surface area contributed by atoms with Crippen molar-refractivity contribution in [2.45, 2.75) is 32.6 Å². The van der Waals surface area contributed by atoms with E-state index in [1.165, 1.54) is 18.4 Å². The third kappa shape index (κ3) is 2.56. The Labute approximate surface area is 110 Å². The molecule has 1 N–H and O–H groups in total. The molecule has 0 aliphatic heterocycles. The molecule has 1 aliphatic carbocycles. The van der Waals surface area contributed by atoms with Gasteiger partial charge < -0.3 is 10.1 Å². The highest BCUT2D eigenvalue weighted by Gasteiger charge is 2.25. The first-order valence-corrected chi connectivity index (χ1v) is 6.98. The third-order valence-electron chi connectivity index (χ3n) is 3.32. The Morgan fingerprint density at radius 2 is 2.06 bits per heavy atom. The summed E-state index contributed by atoms with van der Waals surface area (Å²) in [6.07, 6.45) is 4.13. The summed E-state index contributed by atoms with van der Waals surface area (Å²) in [5.41, 5.74) is 1.52. The highest BCUT2D eigenvalue weighted by molar-refractivity contribution is 7.12. The fourth-order valence-corrected chi connectivity index (χ4v) is 3.18. The Morgan fingerprint density at radius 1 is 1.39 bits per heavy atom. The number of ether oxygens (including phenoxy) is 1. The van der Waals surface area contributed by atoms with E-state index in [-0.39, 0.29) is 11.8 Å². The maximum absolute atomic E-state index is 12.1. The van der Waals surface area contributed by atoms with Crippen molar-refractivity contribution < 1.29 is 14.3 Å². The van der Waals surface area contributed by atoms with Crippen LogP contribution in [0.25, 0.3) is 0 Å². The highest BCUT2D eigenvalue weighted by atomic mass is 32.1. The average molecular weight is 267 g/mol. The van der Waals surface area contributed by atoms with Crippen LogP contribution in [0.4, 0.5) is 5.69 Å². The summed E-state index contributed by atoms with van der Waals surface area (Å²) in [5, 5.41) is 4.74. The van der Waals surface area contributed by atoms with E-state index in [9.17, 15) is 9.59 Å². The second-order valence-corrected chi connectivity index (χ2v) is 5.46. The maximum Gasteiger partial charge on any atom is 0.350 e. The standard InChI is InChI=1S/C13H17NO3S/c1-8-7-18-11(13(16)17-2)10(8)14-12(15)9-5-3-4-6-9/h7,9H,3-6H2,1-2H3,(H,14,15). The van der Waals surface area contributed by atoms with Gasteiger partial charge in [0.15, 0.2) is 0 Å². The van der Waals surface area contributed by atoms with Crippen LogP contribution in [-0.4, -0.2) is 19.0 Å². The van der Waals surface area contributed by atoms with Crippen molar-refractivity contribution in [3.05, 3.63) is 15.8 Å². The Balaban J connectivity index is 2.15. The Kier molecular flexibility index (Phi) is 4.01. The number of hydrogen-bond donors (Lipinski definition) is 1. The molecule has 5 heteroatoms. The molecule has 1 saturated carbocycles. The van der Waals surface area contributed by atoms with Crippen LogP contribution in [0.1, 0.15) is 40.9 Å². The van der Waals surface area contributed by atoms with Gasteiger partial charge in [-0.3, -0.25) is 4.79 Å². The summed E-state index contributed by atoms with van der Waals surface area (Å²) in [4.78, 5) is 24.1. The molecule has 2 rings (SSSR count). The molecule has 0 bridgehead atoms. The zero-order valence-corrected chi connectivity index (χ0v) is 11.4. The molecular formula is C13H17NO3S. The average Bonchev–Trinajstić information content (AvgIpc) is 2.99. The van der Waals surface area contributed by atoms with E-state index in [4.69, 9.17) is 4.74 Å². The topological polar surface area (TPSA) is 55.4 Å². The molecule has 0 aromatic carbocycles. The van der Waals surface area contributed by atoms with Gasteiger partial charge >= 0.3 is 5.97 Å². The molecule has 0 atom stereocenters. The Morgan fingerprint density at radius 3 is 2.67 bits per heavy atom. The number of aryl methyl sites for hydroxylation is 1. The highest BCUT2D eigenvalue weighted by Crippen LogP contribution is 2.31. The number of amides is 1. The first-order valence-electron chi connectivity index (χ1n) is 6.10. The van der Waals surface area contributed by atoms with Crippen LogP contribution in [0.3, 0.4) is 0 Å². The van der Waals surface area contributed by atoms with E-state index in [0.29, 0.717) is 10.6 Å². The van der Waals surface area contributed by atoms with E-state index < -0.39 is 5.97 Å². The molecule has 0 saturated heterocycles. The number of carbonyl (C=O) groups is 2. The molecule has 4 nitrogen and oxygen atoms in total. The summed E-state index contributed by atoms with van der Waals surface area (Å²) < 4.78 is 4.72. The van der Waals surface area contributed by atoms with Gasteiger partial charge in [-0.25, -0.2) is 4.79 Å². The molecule has 0 radical (unpaired) electrons. The lowest BCUT2D eigenvalue weighted by Crippen LogP contribution is -2.21. The van der Waals surface area contributed by atoms with Crippen LogP contribution in [-0.2, 0) is 9.53 Å². The van der Waals surface area contributed by atoms with Gasteiger partial charge in [0.2, 0.25) is 5.91 Å². The normalized spacial score (nSPS) is 15.7. The lowest BCUT2D eigenvalue weighted by molar-refractivity contribution is -0.119. The summed E-state index contributed by atoms with van der Waals surface area (Å²) in [7, 11) is 1.35. The third-order valence-corrected chi connectivity index (χ3v) is 4.40. The zero-order chi connectivity index (χ0) is 13.1. The summed E-state index contributed by atoms with van der Waals surface area (Å²) >= 11 is 1.30. The molecule has 1 aromatic heterocycles. The first kappa shape index (κ1) is 13.1. The number of nitrogens with one attached hydrogen (secondary N) is 1. The van der Waals surface area contributed by atoms with Gasteiger partial charge in [0, 0.05) is 5.92 Å². The van der Waals surface area contributed by atoms with Crippen LogP contribution >= 0.6 is 11.3 Å².